The van der Waals surface area contributed by atoms with E-state index in [9.17, 15) is 14.4 Å². The fourth-order valence-electron chi connectivity index (χ4n) is 4.19. The van der Waals surface area contributed by atoms with Gasteiger partial charge in [-0.3, -0.25) is 14.4 Å². The molecule has 1 spiro atoms. The number of likely N-dealkylation sites (N-methyl/N-ethyl adjacent to an activating group) is 1. The molecular weight excluding hydrogens is 404 g/mol. The topological polar surface area (TPSA) is 64.2 Å². The maximum atomic E-state index is 13.5. The molecule has 2 aliphatic heterocycles. The summed E-state index contributed by atoms with van der Waals surface area (Å²) in [4.78, 5) is 45.7. The first-order valence-electron chi connectivity index (χ1n) is 10.3. The molecule has 0 unspecified atom stereocenters. The molecule has 3 amide bonds. The molecule has 1 aromatic rings. The van der Waals surface area contributed by atoms with Gasteiger partial charge in [-0.2, -0.15) is 0 Å². The minimum atomic E-state index is -0.740. The number of rotatable bonds is 5. The first kappa shape index (κ1) is 22.4. The maximum absolute atomic E-state index is 13.5. The van der Waals surface area contributed by atoms with E-state index >= 15 is 0 Å². The number of nitrogens with zero attached hydrogens (tertiary/aromatic N) is 4. The van der Waals surface area contributed by atoms with Crippen LogP contribution in [0.1, 0.15) is 26.7 Å². The zero-order valence-corrected chi connectivity index (χ0v) is 19.0. The molecule has 0 aliphatic carbocycles. The Hall–Kier alpha value is -2.28. The Balaban J connectivity index is 1.85. The van der Waals surface area contributed by atoms with Crippen LogP contribution >= 0.6 is 11.6 Å². The molecular formula is C22H31ClN4O3. The lowest BCUT2D eigenvalue weighted by molar-refractivity contribution is -0.144. The first-order chi connectivity index (χ1) is 14.1. The van der Waals surface area contributed by atoms with Gasteiger partial charge in [-0.25, -0.2) is 0 Å². The lowest BCUT2D eigenvalue weighted by Crippen LogP contribution is -2.58. The van der Waals surface area contributed by atoms with Crippen molar-refractivity contribution in [2.45, 2.75) is 32.2 Å². The van der Waals surface area contributed by atoms with Gasteiger partial charge in [0.25, 0.3) is 5.91 Å². The number of carbonyl (C=O) groups is 3. The number of amides is 3. The average Bonchev–Trinajstić information content (AvgIpc) is 3.00. The van der Waals surface area contributed by atoms with Crippen LogP contribution in [0.5, 0.6) is 0 Å². The molecule has 1 aromatic carbocycles. The molecule has 2 fully saturated rings. The van der Waals surface area contributed by atoms with Gasteiger partial charge in [-0.1, -0.05) is 18.2 Å². The lowest BCUT2D eigenvalue weighted by Gasteiger charge is -2.44. The summed E-state index contributed by atoms with van der Waals surface area (Å²) in [6.45, 7) is 5.09. The van der Waals surface area contributed by atoms with Gasteiger partial charge in [0.05, 0.1) is 12.1 Å². The van der Waals surface area contributed by atoms with E-state index < -0.39 is 11.0 Å². The first-order valence-corrected chi connectivity index (χ1v) is 10.8. The van der Waals surface area contributed by atoms with Gasteiger partial charge in [-0.15, -0.1) is 11.6 Å². The number of hydrogen-bond acceptors (Lipinski definition) is 4. The Morgan fingerprint density at radius 1 is 1.13 bits per heavy atom. The number of anilines is 1. The van der Waals surface area contributed by atoms with Gasteiger partial charge in [0.1, 0.15) is 12.1 Å². The van der Waals surface area contributed by atoms with Crippen molar-refractivity contribution < 1.29 is 14.4 Å². The maximum Gasteiger partial charge on any atom is 0.250 e. The number of likely N-dealkylation sites (tertiary alicyclic amines) is 1. The van der Waals surface area contributed by atoms with Crippen LogP contribution in [-0.2, 0) is 14.4 Å². The Morgan fingerprint density at radius 3 is 2.27 bits per heavy atom. The van der Waals surface area contributed by atoms with Crippen molar-refractivity contribution in [3.05, 3.63) is 30.3 Å². The fraction of sp³-hybridized carbons (Fsp3) is 0.591. The highest BCUT2D eigenvalue weighted by Crippen LogP contribution is 2.40. The summed E-state index contributed by atoms with van der Waals surface area (Å²) in [5.74, 6) is 0.127. The summed E-state index contributed by atoms with van der Waals surface area (Å²) in [5.41, 5.74) is -0.420. The highest BCUT2D eigenvalue weighted by Gasteiger charge is 2.54. The zero-order valence-electron chi connectivity index (χ0n) is 18.2. The molecule has 2 aliphatic rings. The van der Waals surface area contributed by atoms with Crippen molar-refractivity contribution in [1.82, 2.24) is 14.7 Å². The molecule has 7 nitrogen and oxygen atoms in total. The highest BCUT2D eigenvalue weighted by atomic mass is 35.5. The number of alkyl halides is 1. The van der Waals surface area contributed by atoms with Crippen LogP contribution in [-0.4, -0.2) is 84.2 Å². The summed E-state index contributed by atoms with van der Waals surface area (Å²) in [5, 5.41) is 0. The van der Waals surface area contributed by atoms with Crippen molar-refractivity contribution in [2.75, 3.05) is 51.2 Å². The van der Waals surface area contributed by atoms with Crippen LogP contribution in [0.3, 0.4) is 0 Å². The highest BCUT2D eigenvalue weighted by molar-refractivity contribution is 6.19. The number of carbonyl (C=O) groups excluding carboxylic acids is 3. The van der Waals surface area contributed by atoms with E-state index in [2.05, 4.69) is 4.90 Å². The third-order valence-electron chi connectivity index (χ3n) is 6.20. The van der Waals surface area contributed by atoms with Crippen molar-refractivity contribution in [2.24, 2.45) is 5.41 Å². The Morgan fingerprint density at radius 2 is 1.73 bits per heavy atom. The van der Waals surface area contributed by atoms with Crippen molar-refractivity contribution in [1.29, 1.82) is 0 Å². The molecule has 2 heterocycles. The Bertz CT molecular complexity index is 804. The molecule has 0 atom stereocenters. The van der Waals surface area contributed by atoms with E-state index in [-0.39, 0.29) is 30.1 Å². The summed E-state index contributed by atoms with van der Waals surface area (Å²) in [7, 11) is 3.38. The minimum absolute atomic E-state index is 0.0173. The summed E-state index contributed by atoms with van der Waals surface area (Å²) in [6.07, 6.45) is 1.05. The predicted octanol–water partition coefficient (Wildman–Crippen LogP) is 2.01. The number of halogens is 1. The molecule has 0 saturated carbocycles. The third-order valence-corrected chi connectivity index (χ3v) is 6.87. The minimum Gasteiger partial charge on any atom is -0.347 e. The SMILES string of the molecule is CN(C)C(=O)CN1CN(c2ccccc2)C2(CCN(C(=O)C(C)(C)CCl)CC2)C1=O. The van der Waals surface area contributed by atoms with E-state index in [4.69, 9.17) is 11.6 Å². The second-order valence-corrected chi connectivity index (χ2v) is 9.30. The molecule has 164 valence electrons. The Labute approximate surface area is 183 Å². The molecule has 3 rings (SSSR count). The monoisotopic (exact) mass is 434 g/mol. The van der Waals surface area contributed by atoms with Crippen LogP contribution in [0, 0.1) is 5.41 Å². The van der Waals surface area contributed by atoms with Gasteiger partial charge < -0.3 is 19.6 Å². The molecule has 0 radical (unpaired) electrons. The van der Waals surface area contributed by atoms with Crippen LogP contribution in [0.4, 0.5) is 5.69 Å². The van der Waals surface area contributed by atoms with E-state index in [1.807, 2.05) is 49.1 Å². The van der Waals surface area contributed by atoms with E-state index in [0.717, 1.165) is 5.69 Å². The van der Waals surface area contributed by atoms with Gasteiger partial charge in [0.2, 0.25) is 11.8 Å². The predicted molar refractivity (Wildman–Crippen MR) is 117 cm³/mol. The largest absolute Gasteiger partial charge is 0.347 e. The van der Waals surface area contributed by atoms with Crippen molar-refractivity contribution in [3.8, 4) is 0 Å². The average molecular weight is 435 g/mol. The summed E-state index contributed by atoms with van der Waals surface area (Å²) in [6, 6.07) is 9.81. The normalized spacial score (nSPS) is 18.8. The van der Waals surface area contributed by atoms with Gasteiger partial charge >= 0.3 is 0 Å². The number of benzene rings is 1. The van der Waals surface area contributed by atoms with Gasteiger partial charge in [0, 0.05) is 38.8 Å². The second kappa shape index (κ2) is 8.46. The van der Waals surface area contributed by atoms with Gasteiger partial charge in [-0.05, 0) is 38.8 Å². The van der Waals surface area contributed by atoms with Crippen molar-refractivity contribution >= 4 is 35.0 Å². The molecule has 2 saturated heterocycles. The summed E-state index contributed by atoms with van der Waals surface area (Å²) < 4.78 is 0. The zero-order chi connectivity index (χ0) is 22.1. The third kappa shape index (κ3) is 4.00. The number of hydrogen-bond donors (Lipinski definition) is 0. The molecule has 0 aromatic heterocycles. The van der Waals surface area contributed by atoms with Crippen molar-refractivity contribution in [3.63, 3.8) is 0 Å². The smallest absolute Gasteiger partial charge is 0.250 e. The number of piperidine rings is 1. The molecule has 30 heavy (non-hydrogen) atoms. The van der Waals surface area contributed by atoms with Crippen LogP contribution in [0.15, 0.2) is 30.3 Å². The summed E-state index contributed by atoms with van der Waals surface area (Å²) >= 11 is 5.99. The molecule has 0 bridgehead atoms. The van der Waals surface area contributed by atoms with Crippen LogP contribution in [0.2, 0.25) is 0 Å². The number of para-hydroxylation sites is 1. The second-order valence-electron chi connectivity index (χ2n) is 9.04. The Kier molecular flexibility index (Phi) is 6.32. The quantitative estimate of drug-likeness (QED) is 0.665. The van der Waals surface area contributed by atoms with E-state index in [0.29, 0.717) is 32.6 Å². The van der Waals surface area contributed by atoms with Crippen LogP contribution < -0.4 is 4.90 Å². The van der Waals surface area contributed by atoms with Gasteiger partial charge in [0.15, 0.2) is 0 Å². The lowest BCUT2D eigenvalue weighted by atomic mass is 9.84. The van der Waals surface area contributed by atoms with E-state index in [1.165, 1.54) is 4.90 Å². The van der Waals surface area contributed by atoms with Crippen LogP contribution in [0.25, 0.3) is 0 Å². The van der Waals surface area contributed by atoms with E-state index in [1.54, 1.807) is 19.0 Å². The molecule has 0 N–H and O–H groups in total. The standard InChI is InChI=1S/C22H31ClN4O3/c1-21(2,15-23)19(29)25-12-10-22(11-13-25)20(30)26(14-18(28)24(3)4)16-27(22)17-8-6-5-7-9-17/h5-9H,10-16H2,1-4H3. The fourth-order valence-corrected chi connectivity index (χ4v) is 4.31. The molecule has 8 heteroatoms.